The molecular formula is C19H22N4O3. The first-order valence-electron chi connectivity index (χ1n) is 8.31. The third kappa shape index (κ3) is 3.20. The van der Waals surface area contributed by atoms with Crippen LogP contribution in [0.15, 0.2) is 30.6 Å². The Balaban J connectivity index is 1.89. The second kappa shape index (κ2) is 7.03. The van der Waals surface area contributed by atoms with Crippen molar-refractivity contribution in [2.45, 2.75) is 26.8 Å². The monoisotopic (exact) mass is 354 g/mol. The Bertz CT molecular complexity index is 938. The highest BCUT2D eigenvalue weighted by Gasteiger charge is 2.15. The molecule has 3 rings (SSSR count). The average molecular weight is 354 g/mol. The third-order valence-electron chi connectivity index (χ3n) is 4.19. The van der Waals surface area contributed by atoms with Gasteiger partial charge < -0.3 is 14.8 Å². The molecule has 2 aromatic heterocycles. The van der Waals surface area contributed by atoms with Gasteiger partial charge in [-0.3, -0.25) is 4.79 Å². The molecule has 0 atom stereocenters. The van der Waals surface area contributed by atoms with Gasteiger partial charge in [0.15, 0.2) is 5.65 Å². The Labute approximate surface area is 151 Å². The van der Waals surface area contributed by atoms with Crippen molar-refractivity contribution >= 4 is 22.6 Å². The van der Waals surface area contributed by atoms with Crippen LogP contribution in [0.25, 0.3) is 11.0 Å². The minimum Gasteiger partial charge on any atom is -0.496 e. The lowest BCUT2D eigenvalue weighted by Crippen LogP contribution is -2.13. The summed E-state index contributed by atoms with van der Waals surface area (Å²) in [7, 11) is 3.13. The van der Waals surface area contributed by atoms with E-state index in [0.29, 0.717) is 22.7 Å². The van der Waals surface area contributed by atoms with Crippen LogP contribution in [0.3, 0.4) is 0 Å². The number of pyridine rings is 1. The summed E-state index contributed by atoms with van der Waals surface area (Å²) in [4.78, 5) is 17.1. The molecule has 7 heteroatoms. The lowest BCUT2D eigenvalue weighted by Gasteiger charge is -2.13. The molecule has 0 aliphatic rings. The van der Waals surface area contributed by atoms with Crippen molar-refractivity contribution in [2.24, 2.45) is 0 Å². The van der Waals surface area contributed by atoms with E-state index in [-0.39, 0.29) is 11.9 Å². The van der Waals surface area contributed by atoms with Gasteiger partial charge in [-0.1, -0.05) is 0 Å². The summed E-state index contributed by atoms with van der Waals surface area (Å²) in [6.07, 6.45) is 3.37. The zero-order valence-corrected chi connectivity index (χ0v) is 15.5. The van der Waals surface area contributed by atoms with E-state index in [1.54, 1.807) is 38.7 Å². The zero-order valence-electron chi connectivity index (χ0n) is 15.5. The number of benzene rings is 1. The number of amides is 1. The standard InChI is InChI=1S/C19H22N4O3/c1-11(2)23-18-14(9-21-23)6-15(10-20-18)22-19(24)13-7-16(25-4)12(3)17(8-13)26-5/h6-11H,1-5H3,(H,22,24). The molecule has 26 heavy (non-hydrogen) atoms. The highest BCUT2D eigenvalue weighted by Crippen LogP contribution is 2.30. The van der Waals surface area contributed by atoms with Crippen molar-refractivity contribution in [3.05, 3.63) is 41.7 Å². The number of anilines is 1. The summed E-state index contributed by atoms with van der Waals surface area (Å²) in [6.45, 7) is 5.97. The lowest BCUT2D eigenvalue weighted by molar-refractivity contribution is 0.102. The number of fused-ring (bicyclic) bond motifs is 1. The predicted octanol–water partition coefficient (Wildman–Crippen LogP) is 3.59. The van der Waals surface area contributed by atoms with E-state index in [2.05, 4.69) is 15.4 Å². The Morgan fingerprint density at radius 3 is 2.35 bits per heavy atom. The molecule has 0 saturated carbocycles. The smallest absolute Gasteiger partial charge is 0.255 e. The van der Waals surface area contributed by atoms with E-state index in [1.165, 1.54) is 0 Å². The number of hydrogen-bond acceptors (Lipinski definition) is 5. The summed E-state index contributed by atoms with van der Waals surface area (Å²) in [5.74, 6) is 0.932. The molecule has 0 aliphatic heterocycles. The maximum Gasteiger partial charge on any atom is 0.255 e. The zero-order chi connectivity index (χ0) is 18.8. The molecule has 1 N–H and O–H groups in total. The largest absolute Gasteiger partial charge is 0.496 e. The van der Waals surface area contributed by atoms with Gasteiger partial charge in [0, 0.05) is 22.6 Å². The van der Waals surface area contributed by atoms with E-state index in [9.17, 15) is 4.79 Å². The molecule has 0 fully saturated rings. The number of ether oxygens (including phenoxy) is 2. The summed E-state index contributed by atoms with van der Waals surface area (Å²) in [5, 5.41) is 8.07. The molecule has 0 aliphatic carbocycles. The molecule has 0 saturated heterocycles. The molecule has 0 unspecified atom stereocenters. The van der Waals surface area contributed by atoms with E-state index >= 15 is 0 Å². The van der Waals surface area contributed by atoms with Gasteiger partial charge >= 0.3 is 0 Å². The fourth-order valence-corrected chi connectivity index (χ4v) is 2.81. The number of nitrogens with zero attached hydrogens (tertiary/aromatic N) is 3. The fourth-order valence-electron chi connectivity index (χ4n) is 2.81. The Kier molecular flexibility index (Phi) is 4.79. The van der Waals surface area contributed by atoms with Gasteiger partial charge in [0.2, 0.25) is 0 Å². The van der Waals surface area contributed by atoms with Crippen LogP contribution in [-0.4, -0.2) is 34.9 Å². The van der Waals surface area contributed by atoms with Crippen molar-refractivity contribution in [3.63, 3.8) is 0 Å². The van der Waals surface area contributed by atoms with Crippen LogP contribution in [0, 0.1) is 6.92 Å². The molecule has 0 radical (unpaired) electrons. The molecule has 1 aromatic carbocycles. The molecular weight excluding hydrogens is 332 g/mol. The van der Waals surface area contributed by atoms with Crippen LogP contribution < -0.4 is 14.8 Å². The van der Waals surface area contributed by atoms with Crippen LogP contribution in [0.5, 0.6) is 11.5 Å². The first-order chi connectivity index (χ1) is 12.4. The highest BCUT2D eigenvalue weighted by atomic mass is 16.5. The van der Waals surface area contributed by atoms with Crippen LogP contribution in [-0.2, 0) is 0 Å². The number of carbonyl (C=O) groups is 1. The van der Waals surface area contributed by atoms with Crippen molar-refractivity contribution in [2.75, 3.05) is 19.5 Å². The number of methoxy groups -OCH3 is 2. The minimum absolute atomic E-state index is 0.216. The lowest BCUT2D eigenvalue weighted by atomic mass is 10.1. The maximum absolute atomic E-state index is 12.6. The number of nitrogens with one attached hydrogen (secondary N) is 1. The second-order valence-corrected chi connectivity index (χ2v) is 6.28. The summed E-state index contributed by atoms with van der Waals surface area (Å²) in [5.41, 5.74) is 2.68. The Morgan fingerprint density at radius 1 is 1.12 bits per heavy atom. The quantitative estimate of drug-likeness (QED) is 0.757. The molecule has 0 spiro atoms. The van der Waals surface area contributed by atoms with E-state index in [4.69, 9.17) is 9.47 Å². The van der Waals surface area contributed by atoms with Gasteiger partial charge in [0.05, 0.1) is 32.3 Å². The van der Waals surface area contributed by atoms with Crippen molar-refractivity contribution in [1.29, 1.82) is 0 Å². The Morgan fingerprint density at radius 2 is 1.77 bits per heavy atom. The van der Waals surface area contributed by atoms with Crippen molar-refractivity contribution in [1.82, 2.24) is 14.8 Å². The predicted molar refractivity (Wildman–Crippen MR) is 100 cm³/mol. The van der Waals surface area contributed by atoms with E-state index in [1.807, 2.05) is 31.5 Å². The molecule has 136 valence electrons. The number of aromatic nitrogens is 3. The maximum atomic E-state index is 12.6. The van der Waals surface area contributed by atoms with Crippen LogP contribution in [0.4, 0.5) is 5.69 Å². The summed E-state index contributed by atoms with van der Waals surface area (Å²) < 4.78 is 12.5. The first kappa shape index (κ1) is 17.7. The fraction of sp³-hybridized carbons (Fsp3) is 0.316. The first-order valence-corrected chi connectivity index (χ1v) is 8.31. The molecule has 2 heterocycles. The van der Waals surface area contributed by atoms with Crippen molar-refractivity contribution in [3.8, 4) is 11.5 Å². The van der Waals surface area contributed by atoms with Gasteiger partial charge in [0.1, 0.15) is 11.5 Å². The average Bonchev–Trinajstić information content (AvgIpc) is 3.05. The minimum atomic E-state index is -0.265. The summed E-state index contributed by atoms with van der Waals surface area (Å²) in [6, 6.07) is 5.45. The van der Waals surface area contributed by atoms with Crippen molar-refractivity contribution < 1.29 is 14.3 Å². The van der Waals surface area contributed by atoms with Gasteiger partial charge in [0.25, 0.3) is 5.91 Å². The van der Waals surface area contributed by atoms with Gasteiger partial charge in [-0.2, -0.15) is 5.10 Å². The number of carbonyl (C=O) groups excluding carboxylic acids is 1. The van der Waals surface area contributed by atoms with Gasteiger partial charge in [-0.25, -0.2) is 9.67 Å². The summed E-state index contributed by atoms with van der Waals surface area (Å²) >= 11 is 0. The van der Waals surface area contributed by atoms with Crippen LogP contribution in [0.2, 0.25) is 0 Å². The SMILES string of the molecule is COc1cc(C(=O)Nc2cnc3c(cnn3C(C)C)c2)cc(OC)c1C. The molecule has 7 nitrogen and oxygen atoms in total. The number of hydrogen-bond donors (Lipinski definition) is 1. The normalized spacial score (nSPS) is 11.0. The molecule has 1 amide bonds. The molecule has 3 aromatic rings. The number of rotatable bonds is 5. The second-order valence-electron chi connectivity index (χ2n) is 6.28. The van der Waals surface area contributed by atoms with Crippen LogP contribution >= 0.6 is 0 Å². The van der Waals surface area contributed by atoms with Gasteiger partial charge in [-0.05, 0) is 39.0 Å². The van der Waals surface area contributed by atoms with Crippen LogP contribution in [0.1, 0.15) is 35.8 Å². The third-order valence-corrected chi connectivity index (χ3v) is 4.19. The van der Waals surface area contributed by atoms with E-state index in [0.717, 1.165) is 16.6 Å². The van der Waals surface area contributed by atoms with E-state index < -0.39 is 0 Å². The molecule has 0 bridgehead atoms. The highest BCUT2D eigenvalue weighted by molar-refractivity contribution is 6.05. The Hall–Kier alpha value is -3.09. The van der Waals surface area contributed by atoms with Gasteiger partial charge in [-0.15, -0.1) is 0 Å². The topological polar surface area (TPSA) is 78.3 Å².